The smallest absolute Gasteiger partial charge is 0.252 e. The highest BCUT2D eigenvalue weighted by Gasteiger charge is 2.58. The third-order valence-electron chi connectivity index (χ3n) is 20.2. The van der Waals surface area contributed by atoms with Gasteiger partial charge in [-0.3, -0.25) is 0 Å². The summed E-state index contributed by atoms with van der Waals surface area (Å²) in [6, 6.07) is 50.2. The van der Waals surface area contributed by atoms with E-state index in [4.69, 9.17) is 4.42 Å². The van der Waals surface area contributed by atoms with E-state index in [0.717, 1.165) is 34.0 Å². The van der Waals surface area contributed by atoms with Crippen molar-refractivity contribution in [3.63, 3.8) is 0 Å². The van der Waals surface area contributed by atoms with Gasteiger partial charge in [-0.1, -0.05) is 142 Å². The van der Waals surface area contributed by atoms with E-state index < -0.39 is 0 Å². The van der Waals surface area contributed by atoms with E-state index in [9.17, 15) is 0 Å². The maximum Gasteiger partial charge on any atom is 0.252 e. The Morgan fingerprint density at radius 1 is 0.431 bits per heavy atom. The largest absolute Gasteiger partial charge is 0.454 e. The molecule has 2 unspecified atom stereocenters. The van der Waals surface area contributed by atoms with Crippen molar-refractivity contribution in [3.05, 3.63) is 161 Å². The van der Waals surface area contributed by atoms with Gasteiger partial charge in [0.15, 0.2) is 5.58 Å². The molecule has 1 aromatic heterocycles. The molecule has 6 aliphatic rings. The molecule has 0 spiro atoms. The molecule has 2 atom stereocenters. The number of furan rings is 1. The number of para-hydroxylation sites is 3. The number of hydrogen-bond donors (Lipinski definition) is 0. The van der Waals surface area contributed by atoms with Crippen molar-refractivity contribution >= 4 is 90.5 Å². The van der Waals surface area contributed by atoms with Crippen LogP contribution in [0.4, 0.5) is 45.5 Å². The molecule has 0 saturated heterocycles. The molecule has 5 heteroatoms. The predicted molar refractivity (Wildman–Crippen MR) is 306 cm³/mol. The van der Waals surface area contributed by atoms with E-state index in [1.807, 2.05) is 0 Å². The first-order valence-electron chi connectivity index (χ1n) is 27.3. The summed E-state index contributed by atoms with van der Waals surface area (Å²) in [6.45, 7) is 27.2. The lowest BCUT2D eigenvalue weighted by molar-refractivity contribution is 0.195. The molecule has 362 valence electrons. The second kappa shape index (κ2) is 14.5. The van der Waals surface area contributed by atoms with Gasteiger partial charge in [-0.05, 0) is 184 Å². The Balaban J connectivity index is 1.09. The minimum Gasteiger partial charge on any atom is -0.454 e. The van der Waals surface area contributed by atoms with Gasteiger partial charge in [-0.2, -0.15) is 0 Å². The number of fused-ring (bicyclic) bond motifs is 12. The third kappa shape index (κ3) is 5.83. The van der Waals surface area contributed by atoms with Gasteiger partial charge in [0.1, 0.15) is 5.58 Å². The average molecular weight is 944 g/mol. The minimum absolute atomic E-state index is 0.00226. The normalized spacial score (nSPS) is 23.5. The van der Waals surface area contributed by atoms with Gasteiger partial charge in [0, 0.05) is 56.0 Å². The van der Waals surface area contributed by atoms with Crippen LogP contribution < -0.4 is 31.1 Å². The first-order valence-corrected chi connectivity index (χ1v) is 27.3. The Bertz CT molecular complexity index is 3650. The number of aryl methyl sites for hydroxylation is 1. The standard InChI is InChI=1S/C67H70BN3O/c1-41-35-57-60-58(36-41)70(54-23-18-20-45-44-19-12-15-24-59(44)72-61(45)54)55-38-43(71-53-22-14-13-21-47(53)66(10)29-16-17-30-67(66,71)11)26-28-51(55)68(60)52-39-49-50(65(8,9)34-33-64(49,6)7)40-56(52)69(57)42-25-27-46-48(37-42)63(4,5)32-31-62(46,2)3/h12-15,18-28,35-40H,16-17,29-34H2,1-11H3. The van der Waals surface area contributed by atoms with E-state index in [-0.39, 0.29) is 39.3 Å². The van der Waals surface area contributed by atoms with E-state index >= 15 is 0 Å². The highest BCUT2D eigenvalue weighted by atomic mass is 16.3. The van der Waals surface area contributed by atoms with Crippen LogP contribution >= 0.6 is 0 Å². The van der Waals surface area contributed by atoms with Crippen LogP contribution in [0.25, 0.3) is 21.9 Å². The molecule has 7 aromatic carbocycles. The summed E-state index contributed by atoms with van der Waals surface area (Å²) in [5.41, 5.74) is 24.9. The summed E-state index contributed by atoms with van der Waals surface area (Å²) in [7, 11) is 0. The fourth-order valence-corrected chi connectivity index (χ4v) is 15.6. The van der Waals surface area contributed by atoms with Crippen molar-refractivity contribution in [1.82, 2.24) is 0 Å². The second-order valence-electron chi connectivity index (χ2n) is 26.2. The van der Waals surface area contributed by atoms with Crippen molar-refractivity contribution in [2.24, 2.45) is 0 Å². The van der Waals surface area contributed by atoms with Crippen LogP contribution in [0.5, 0.6) is 0 Å². The summed E-state index contributed by atoms with van der Waals surface area (Å²) in [6.07, 6.45) is 9.57. The van der Waals surface area contributed by atoms with E-state index in [0.29, 0.717) is 0 Å². The molecule has 1 saturated carbocycles. The monoisotopic (exact) mass is 944 g/mol. The molecular formula is C67H70BN3O. The maximum atomic E-state index is 7.05. The zero-order chi connectivity index (χ0) is 49.6. The lowest BCUT2D eigenvalue weighted by Gasteiger charge is -2.51. The lowest BCUT2D eigenvalue weighted by atomic mass is 9.33. The fraction of sp³-hybridized carbons (Fsp3) is 0.373. The summed E-state index contributed by atoms with van der Waals surface area (Å²) in [5.74, 6) is 0. The van der Waals surface area contributed by atoms with Crippen LogP contribution in [0.15, 0.2) is 132 Å². The fourth-order valence-electron chi connectivity index (χ4n) is 15.6. The molecule has 4 heterocycles. The number of benzene rings is 7. The molecule has 14 rings (SSSR count). The van der Waals surface area contributed by atoms with Gasteiger partial charge in [0.25, 0.3) is 6.71 Å². The van der Waals surface area contributed by atoms with Crippen LogP contribution in [-0.2, 0) is 27.1 Å². The highest BCUT2D eigenvalue weighted by molar-refractivity contribution is 7.00. The topological polar surface area (TPSA) is 22.9 Å². The molecule has 3 aliphatic carbocycles. The molecule has 72 heavy (non-hydrogen) atoms. The number of nitrogens with zero attached hydrogens (tertiary/aromatic N) is 3. The first kappa shape index (κ1) is 44.5. The third-order valence-corrected chi connectivity index (χ3v) is 20.2. The van der Waals surface area contributed by atoms with Gasteiger partial charge >= 0.3 is 0 Å². The minimum atomic E-state index is -0.0723. The second-order valence-corrected chi connectivity index (χ2v) is 26.2. The SMILES string of the molecule is Cc1cc2c3c(c1)N(c1cccc4c1oc1ccccc14)c1cc(N4c5ccccc5C5(C)CCCCC45C)ccc1B3c1cc3c(cc1N2c1ccc2c(c1)C(C)(C)CCC2(C)C)C(C)(C)CCC3(C)C. The van der Waals surface area contributed by atoms with Crippen LogP contribution in [0.1, 0.15) is 154 Å². The van der Waals surface area contributed by atoms with Crippen LogP contribution in [0, 0.1) is 6.92 Å². The van der Waals surface area contributed by atoms with Gasteiger partial charge in [-0.15, -0.1) is 0 Å². The molecule has 0 bridgehead atoms. The Kier molecular flexibility index (Phi) is 8.97. The number of hydrogen-bond acceptors (Lipinski definition) is 4. The van der Waals surface area contributed by atoms with E-state index in [2.05, 4.69) is 218 Å². The number of rotatable bonds is 3. The van der Waals surface area contributed by atoms with Crippen LogP contribution in [0.3, 0.4) is 0 Å². The molecule has 1 fully saturated rings. The predicted octanol–water partition coefficient (Wildman–Crippen LogP) is 16.4. The van der Waals surface area contributed by atoms with Gasteiger partial charge in [-0.25, -0.2) is 0 Å². The summed E-state index contributed by atoms with van der Waals surface area (Å²) < 4.78 is 7.05. The Labute approximate surface area is 428 Å². The molecule has 8 aromatic rings. The molecule has 3 aliphatic heterocycles. The van der Waals surface area contributed by atoms with Crippen molar-refractivity contribution in [1.29, 1.82) is 0 Å². The zero-order valence-corrected chi connectivity index (χ0v) is 44.6. The average Bonchev–Trinajstić information content (AvgIpc) is 3.84. The van der Waals surface area contributed by atoms with E-state index in [1.54, 1.807) is 0 Å². The van der Waals surface area contributed by atoms with Crippen molar-refractivity contribution in [3.8, 4) is 0 Å². The van der Waals surface area contributed by atoms with Gasteiger partial charge < -0.3 is 19.1 Å². The van der Waals surface area contributed by atoms with E-state index in [1.165, 1.54) is 135 Å². The Morgan fingerprint density at radius 2 is 1.03 bits per heavy atom. The molecule has 4 nitrogen and oxygen atoms in total. The Morgan fingerprint density at radius 3 is 1.79 bits per heavy atom. The van der Waals surface area contributed by atoms with Crippen molar-refractivity contribution < 1.29 is 4.42 Å². The van der Waals surface area contributed by atoms with Crippen molar-refractivity contribution in [2.75, 3.05) is 14.7 Å². The van der Waals surface area contributed by atoms with Gasteiger partial charge in [0.05, 0.1) is 11.2 Å². The number of anilines is 8. The molecule has 0 amide bonds. The Hall–Kier alpha value is -6.20. The molecule has 0 radical (unpaired) electrons. The highest BCUT2D eigenvalue weighted by Crippen LogP contribution is 2.61. The zero-order valence-electron chi connectivity index (χ0n) is 44.6. The summed E-state index contributed by atoms with van der Waals surface area (Å²) in [4.78, 5) is 8.07. The van der Waals surface area contributed by atoms with Crippen molar-refractivity contribution in [2.45, 2.75) is 160 Å². The van der Waals surface area contributed by atoms with Gasteiger partial charge in [0.2, 0.25) is 0 Å². The quantitative estimate of drug-likeness (QED) is 0.165. The summed E-state index contributed by atoms with van der Waals surface area (Å²) in [5, 5.41) is 2.29. The summed E-state index contributed by atoms with van der Waals surface area (Å²) >= 11 is 0. The van der Waals surface area contributed by atoms with Crippen LogP contribution in [-0.4, -0.2) is 12.3 Å². The first-order chi connectivity index (χ1) is 34.3. The lowest BCUT2D eigenvalue weighted by Crippen LogP contribution is -2.62. The maximum absolute atomic E-state index is 7.05. The van der Waals surface area contributed by atoms with Crippen LogP contribution in [0.2, 0.25) is 0 Å². The molecule has 0 N–H and O–H groups in total. The molecular weight excluding hydrogens is 874 g/mol.